The van der Waals surface area contributed by atoms with E-state index in [4.69, 9.17) is 4.74 Å². The molecule has 1 fully saturated rings. The number of fused-ring (bicyclic) bond motifs is 1. The summed E-state index contributed by atoms with van der Waals surface area (Å²) >= 11 is 0. The molecule has 2 aromatic rings. The maximum atomic E-state index is 10.5. The third kappa shape index (κ3) is 4.88. The molecule has 4 nitrogen and oxygen atoms in total. The van der Waals surface area contributed by atoms with E-state index in [1.165, 1.54) is 12.0 Å². The highest BCUT2D eigenvalue weighted by Gasteiger charge is 2.23. The van der Waals surface area contributed by atoms with Crippen molar-refractivity contribution in [3.05, 3.63) is 47.5 Å². The van der Waals surface area contributed by atoms with Gasteiger partial charge >= 0.3 is 0 Å². The summed E-state index contributed by atoms with van der Waals surface area (Å²) in [6.07, 6.45) is 1.25. The van der Waals surface area contributed by atoms with Gasteiger partial charge in [-0.05, 0) is 61.2 Å². The van der Waals surface area contributed by atoms with Gasteiger partial charge in [0.05, 0.1) is 0 Å². The lowest BCUT2D eigenvalue weighted by Gasteiger charge is -2.23. The number of nitrogens with one attached hydrogen (secondary N) is 1. The Morgan fingerprint density at radius 2 is 2.04 bits per heavy atom. The number of aromatic hydroxyl groups is 1. The van der Waals surface area contributed by atoms with Gasteiger partial charge in [-0.1, -0.05) is 24.3 Å². The van der Waals surface area contributed by atoms with Crippen molar-refractivity contribution in [1.82, 2.24) is 10.2 Å². The molecule has 2 heterocycles. The second-order valence-electron chi connectivity index (χ2n) is 7.24. The highest BCUT2D eigenvalue weighted by atomic mass is 35.5. The zero-order valence-electron chi connectivity index (χ0n) is 15.6. The Labute approximate surface area is 173 Å². The fourth-order valence-electron chi connectivity index (χ4n) is 4.00. The summed E-state index contributed by atoms with van der Waals surface area (Å²) < 4.78 is 5.89. The molecule has 1 unspecified atom stereocenters. The molecule has 2 aromatic carbocycles. The number of rotatable bonds is 3. The maximum absolute atomic E-state index is 10.5. The molecule has 2 aliphatic heterocycles. The van der Waals surface area contributed by atoms with Crippen LogP contribution in [0.25, 0.3) is 11.1 Å². The van der Waals surface area contributed by atoms with Crippen molar-refractivity contribution in [2.75, 3.05) is 32.8 Å². The molecule has 0 spiro atoms. The maximum Gasteiger partial charge on any atom is 0.165 e. The van der Waals surface area contributed by atoms with Crippen molar-refractivity contribution < 1.29 is 9.84 Å². The zero-order chi connectivity index (χ0) is 17.2. The van der Waals surface area contributed by atoms with Gasteiger partial charge in [0.15, 0.2) is 11.5 Å². The molecule has 0 radical (unpaired) electrons. The van der Waals surface area contributed by atoms with Crippen molar-refractivity contribution in [3.63, 3.8) is 0 Å². The predicted octanol–water partition coefficient (Wildman–Crippen LogP) is 4.02. The van der Waals surface area contributed by atoms with Crippen LogP contribution in [0.15, 0.2) is 36.4 Å². The number of hydrogen-bond acceptors (Lipinski definition) is 4. The minimum atomic E-state index is 0. The van der Waals surface area contributed by atoms with Crippen LogP contribution >= 0.6 is 24.8 Å². The van der Waals surface area contributed by atoms with E-state index in [0.717, 1.165) is 55.3 Å². The number of benzene rings is 2. The number of nitrogens with zero attached hydrogens (tertiary/aromatic N) is 1. The fourth-order valence-corrected chi connectivity index (χ4v) is 4.00. The van der Waals surface area contributed by atoms with Crippen molar-refractivity contribution in [2.24, 2.45) is 5.92 Å². The van der Waals surface area contributed by atoms with Crippen LogP contribution in [0.4, 0.5) is 0 Å². The first-order valence-corrected chi connectivity index (χ1v) is 9.18. The molecule has 1 saturated heterocycles. The van der Waals surface area contributed by atoms with Crippen LogP contribution in [0, 0.1) is 12.8 Å². The molecular formula is C21H28Cl2N2O2. The average Bonchev–Trinajstić information content (AvgIpc) is 3.01. The summed E-state index contributed by atoms with van der Waals surface area (Å²) in [6.45, 7) is 7.80. The number of aryl methyl sites for hydroxylation is 1. The van der Waals surface area contributed by atoms with Crippen molar-refractivity contribution in [1.29, 1.82) is 0 Å². The fraction of sp³-hybridized carbons (Fsp3) is 0.429. The average molecular weight is 411 g/mol. The molecule has 4 rings (SSSR count). The van der Waals surface area contributed by atoms with Gasteiger partial charge in [-0.25, -0.2) is 0 Å². The molecule has 6 heteroatoms. The summed E-state index contributed by atoms with van der Waals surface area (Å²) in [6, 6.07) is 12.3. The Bertz CT molecular complexity index is 764. The standard InChI is InChI=1S/C21H26N2O2.2ClH/c1-15-4-2-3-5-19(15)17-10-18-14-23(13-16-6-7-22-12-16)8-9-25-21(18)20(24)11-17;;/h2-5,10-11,16,22,24H,6-9,12-14H2,1H3;2*1H. The molecule has 1 atom stereocenters. The van der Waals surface area contributed by atoms with E-state index in [1.54, 1.807) is 0 Å². The van der Waals surface area contributed by atoms with Gasteiger partial charge in [0.2, 0.25) is 0 Å². The van der Waals surface area contributed by atoms with E-state index in [9.17, 15) is 5.11 Å². The minimum absolute atomic E-state index is 0. The second-order valence-corrected chi connectivity index (χ2v) is 7.24. The van der Waals surface area contributed by atoms with E-state index in [0.29, 0.717) is 12.4 Å². The quantitative estimate of drug-likeness (QED) is 0.801. The molecule has 0 aromatic heterocycles. The van der Waals surface area contributed by atoms with Gasteiger partial charge < -0.3 is 15.2 Å². The van der Waals surface area contributed by atoms with Crippen molar-refractivity contribution in [2.45, 2.75) is 19.9 Å². The van der Waals surface area contributed by atoms with E-state index in [-0.39, 0.29) is 30.6 Å². The zero-order valence-corrected chi connectivity index (χ0v) is 17.2. The molecule has 0 saturated carbocycles. The molecule has 2 aliphatic rings. The highest BCUT2D eigenvalue weighted by Crippen LogP contribution is 2.38. The molecule has 0 aliphatic carbocycles. The highest BCUT2D eigenvalue weighted by molar-refractivity contribution is 5.85. The lowest BCUT2D eigenvalue weighted by Crippen LogP contribution is -2.32. The van der Waals surface area contributed by atoms with Gasteiger partial charge in [-0.2, -0.15) is 0 Å². The lowest BCUT2D eigenvalue weighted by molar-refractivity contribution is 0.201. The van der Waals surface area contributed by atoms with Gasteiger partial charge in [0, 0.05) is 25.2 Å². The lowest BCUT2D eigenvalue weighted by atomic mass is 9.97. The van der Waals surface area contributed by atoms with Crippen LogP contribution in [0.1, 0.15) is 17.5 Å². The third-order valence-corrected chi connectivity index (χ3v) is 5.33. The van der Waals surface area contributed by atoms with E-state index >= 15 is 0 Å². The molecule has 0 amide bonds. The Morgan fingerprint density at radius 3 is 2.78 bits per heavy atom. The molecule has 27 heavy (non-hydrogen) atoms. The van der Waals surface area contributed by atoms with E-state index < -0.39 is 0 Å². The molecule has 148 valence electrons. The predicted molar refractivity (Wildman–Crippen MR) is 115 cm³/mol. The van der Waals surface area contributed by atoms with Crippen LogP contribution < -0.4 is 10.1 Å². The summed E-state index contributed by atoms with van der Waals surface area (Å²) in [5, 5.41) is 14.0. The van der Waals surface area contributed by atoms with E-state index in [1.807, 2.05) is 18.2 Å². The molecule has 0 bridgehead atoms. The second kappa shape index (κ2) is 9.65. The first-order valence-electron chi connectivity index (χ1n) is 9.18. The topological polar surface area (TPSA) is 44.7 Å². The van der Waals surface area contributed by atoms with Gasteiger partial charge in [-0.3, -0.25) is 4.90 Å². The summed E-state index contributed by atoms with van der Waals surface area (Å²) in [7, 11) is 0. The summed E-state index contributed by atoms with van der Waals surface area (Å²) in [5.41, 5.74) is 4.52. The Balaban J connectivity index is 0.00000131. The Hall–Kier alpha value is -1.46. The number of phenolic OH excluding ortho intramolecular Hbond substituents is 1. The van der Waals surface area contributed by atoms with Crippen LogP contribution in [-0.4, -0.2) is 42.8 Å². The van der Waals surface area contributed by atoms with Crippen LogP contribution in [0.3, 0.4) is 0 Å². The monoisotopic (exact) mass is 410 g/mol. The first-order chi connectivity index (χ1) is 12.2. The summed E-state index contributed by atoms with van der Waals surface area (Å²) in [5.74, 6) is 1.62. The van der Waals surface area contributed by atoms with Crippen molar-refractivity contribution in [3.8, 4) is 22.6 Å². The SMILES string of the molecule is Cc1ccccc1-c1cc(O)c2c(c1)CN(CC1CCNC1)CCO2.Cl.Cl. The normalized spacial score (nSPS) is 19.2. The molecular weight excluding hydrogens is 383 g/mol. The Kier molecular flexibility index (Phi) is 7.80. The number of hydrogen-bond donors (Lipinski definition) is 2. The summed E-state index contributed by atoms with van der Waals surface area (Å²) in [4.78, 5) is 2.46. The smallest absolute Gasteiger partial charge is 0.165 e. The van der Waals surface area contributed by atoms with Gasteiger partial charge in [0.1, 0.15) is 6.61 Å². The molecule has 2 N–H and O–H groups in total. The van der Waals surface area contributed by atoms with Crippen LogP contribution in [-0.2, 0) is 6.54 Å². The first kappa shape index (κ1) is 21.8. The third-order valence-electron chi connectivity index (χ3n) is 5.33. The van der Waals surface area contributed by atoms with E-state index in [2.05, 4.69) is 35.3 Å². The van der Waals surface area contributed by atoms with Crippen LogP contribution in [0.5, 0.6) is 11.5 Å². The number of phenols is 1. The minimum Gasteiger partial charge on any atom is -0.504 e. The number of halogens is 2. The van der Waals surface area contributed by atoms with Gasteiger partial charge in [-0.15, -0.1) is 24.8 Å². The van der Waals surface area contributed by atoms with Crippen molar-refractivity contribution >= 4 is 24.8 Å². The number of ether oxygens (including phenoxy) is 1. The van der Waals surface area contributed by atoms with Crippen LogP contribution in [0.2, 0.25) is 0 Å². The largest absolute Gasteiger partial charge is 0.504 e. The van der Waals surface area contributed by atoms with Gasteiger partial charge in [0.25, 0.3) is 0 Å². The Morgan fingerprint density at radius 1 is 1.22 bits per heavy atom.